The molecule has 0 fully saturated rings. The van der Waals surface area contributed by atoms with Crippen LogP contribution in [0.25, 0.3) is 10.1 Å². The number of thiophene rings is 1. The molecule has 0 saturated carbocycles. The predicted octanol–water partition coefficient (Wildman–Crippen LogP) is 3.14. The standard InChI is InChI=1S/C20H18N2O3S/c1-25-16-7-13(6-14(9-23)15(16)10-24)19-20(22-11-21-19)18-8-12-4-2-3-5-17(12)26-18/h2-8,23-24H,9-11H2,1H3. The van der Waals surface area contributed by atoms with Gasteiger partial charge >= 0.3 is 0 Å². The van der Waals surface area contributed by atoms with Gasteiger partial charge in [-0.05, 0) is 35.2 Å². The number of aliphatic imine (C=N–C) groups is 2. The Kier molecular flexibility index (Phi) is 4.55. The summed E-state index contributed by atoms with van der Waals surface area (Å²) in [6.07, 6.45) is 0. The number of rotatable bonds is 5. The van der Waals surface area contributed by atoms with Crippen molar-refractivity contribution >= 4 is 32.8 Å². The van der Waals surface area contributed by atoms with Crippen LogP contribution in [0.5, 0.6) is 5.75 Å². The van der Waals surface area contributed by atoms with E-state index in [-0.39, 0.29) is 13.2 Å². The Balaban J connectivity index is 1.79. The van der Waals surface area contributed by atoms with E-state index in [0.29, 0.717) is 23.5 Å². The molecule has 0 bridgehead atoms. The number of fused-ring (bicyclic) bond motifs is 1. The Hall–Kier alpha value is -2.54. The molecule has 2 aromatic carbocycles. The average Bonchev–Trinajstić information content (AvgIpc) is 3.33. The van der Waals surface area contributed by atoms with Gasteiger partial charge in [0.2, 0.25) is 0 Å². The molecule has 0 spiro atoms. The fourth-order valence-electron chi connectivity index (χ4n) is 3.19. The zero-order valence-electron chi connectivity index (χ0n) is 14.3. The molecule has 4 rings (SSSR count). The summed E-state index contributed by atoms with van der Waals surface area (Å²) in [5, 5.41) is 20.5. The monoisotopic (exact) mass is 366 g/mol. The summed E-state index contributed by atoms with van der Waals surface area (Å²) in [6.45, 7) is 0.0171. The van der Waals surface area contributed by atoms with Gasteiger partial charge in [-0.1, -0.05) is 18.2 Å². The number of hydrogen-bond donors (Lipinski definition) is 2. The third kappa shape index (κ3) is 2.82. The molecule has 0 radical (unpaired) electrons. The van der Waals surface area contributed by atoms with Gasteiger partial charge in [-0.25, -0.2) is 0 Å². The highest BCUT2D eigenvalue weighted by atomic mass is 32.1. The highest BCUT2D eigenvalue weighted by molar-refractivity contribution is 7.21. The Morgan fingerprint density at radius 2 is 1.85 bits per heavy atom. The second-order valence-electron chi connectivity index (χ2n) is 5.94. The second-order valence-corrected chi connectivity index (χ2v) is 7.02. The highest BCUT2D eigenvalue weighted by Gasteiger charge is 2.22. The van der Waals surface area contributed by atoms with Crippen LogP contribution in [0, 0.1) is 0 Å². The van der Waals surface area contributed by atoms with Crippen LogP contribution in [0.4, 0.5) is 0 Å². The Bertz CT molecular complexity index is 978. The molecule has 26 heavy (non-hydrogen) atoms. The molecule has 2 heterocycles. The van der Waals surface area contributed by atoms with E-state index in [1.165, 1.54) is 10.1 Å². The van der Waals surface area contributed by atoms with Gasteiger partial charge < -0.3 is 14.9 Å². The van der Waals surface area contributed by atoms with E-state index in [1.807, 2.05) is 24.3 Å². The molecule has 132 valence electrons. The SMILES string of the molecule is COc1cc(C2=NCN=C2c2cc3ccccc3s2)cc(CO)c1CO. The van der Waals surface area contributed by atoms with E-state index < -0.39 is 0 Å². The van der Waals surface area contributed by atoms with Crippen LogP contribution in [0.15, 0.2) is 52.4 Å². The lowest BCUT2D eigenvalue weighted by atomic mass is 9.98. The zero-order valence-corrected chi connectivity index (χ0v) is 15.1. The van der Waals surface area contributed by atoms with Crippen LogP contribution in [0.2, 0.25) is 0 Å². The Morgan fingerprint density at radius 3 is 2.58 bits per heavy atom. The van der Waals surface area contributed by atoms with Crippen molar-refractivity contribution in [2.75, 3.05) is 13.8 Å². The molecule has 1 aliphatic rings. The lowest BCUT2D eigenvalue weighted by Crippen LogP contribution is -2.14. The fourth-order valence-corrected chi connectivity index (χ4v) is 4.26. The van der Waals surface area contributed by atoms with Crippen molar-refractivity contribution in [3.05, 3.63) is 64.0 Å². The maximum Gasteiger partial charge on any atom is 0.131 e. The van der Waals surface area contributed by atoms with Gasteiger partial charge in [0.15, 0.2) is 0 Å². The smallest absolute Gasteiger partial charge is 0.131 e. The van der Waals surface area contributed by atoms with E-state index in [9.17, 15) is 10.2 Å². The summed E-state index contributed by atoms with van der Waals surface area (Å²) >= 11 is 1.69. The van der Waals surface area contributed by atoms with E-state index >= 15 is 0 Å². The number of ether oxygens (including phenoxy) is 1. The van der Waals surface area contributed by atoms with Gasteiger partial charge in [0.25, 0.3) is 0 Å². The van der Waals surface area contributed by atoms with Crippen molar-refractivity contribution in [1.82, 2.24) is 0 Å². The largest absolute Gasteiger partial charge is 0.496 e. The molecular weight excluding hydrogens is 348 g/mol. The maximum absolute atomic E-state index is 9.68. The molecule has 0 aliphatic carbocycles. The second kappa shape index (κ2) is 6.99. The average molecular weight is 366 g/mol. The zero-order chi connectivity index (χ0) is 18.1. The van der Waals surface area contributed by atoms with E-state index in [0.717, 1.165) is 21.9 Å². The summed E-state index contributed by atoms with van der Waals surface area (Å²) in [7, 11) is 1.55. The lowest BCUT2D eigenvalue weighted by molar-refractivity contribution is 0.254. The summed E-state index contributed by atoms with van der Waals surface area (Å²) in [5.41, 5.74) is 3.70. The quantitative estimate of drug-likeness (QED) is 0.728. The molecule has 1 aromatic heterocycles. The van der Waals surface area contributed by atoms with E-state index in [1.54, 1.807) is 18.4 Å². The van der Waals surface area contributed by atoms with Crippen molar-refractivity contribution in [3.8, 4) is 5.75 Å². The summed E-state index contributed by atoms with van der Waals surface area (Å²) in [6, 6.07) is 14.1. The molecule has 0 saturated heterocycles. The van der Waals surface area contributed by atoms with Gasteiger partial charge in [-0.3, -0.25) is 9.98 Å². The third-order valence-electron chi connectivity index (χ3n) is 4.46. The van der Waals surface area contributed by atoms with Crippen molar-refractivity contribution in [2.45, 2.75) is 13.2 Å². The van der Waals surface area contributed by atoms with Crippen molar-refractivity contribution in [1.29, 1.82) is 0 Å². The first-order chi connectivity index (χ1) is 12.7. The summed E-state index contributed by atoms with van der Waals surface area (Å²) in [4.78, 5) is 10.2. The van der Waals surface area contributed by atoms with Gasteiger partial charge in [0, 0.05) is 15.8 Å². The predicted molar refractivity (Wildman–Crippen MR) is 105 cm³/mol. The molecule has 0 atom stereocenters. The Morgan fingerprint density at radius 1 is 1.04 bits per heavy atom. The molecular formula is C20H18N2O3S. The third-order valence-corrected chi connectivity index (χ3v) is 5.59. The first-order valence-corrected chi connectivity index (χ1v) is 9.07. The van der Waals surface area contributed by atoms with Crippen LogP contribution in [0.1, 0.15) is 21.6 Å². The number of aliphatic hydroxyl groups excluding tert-OH is 2. The number of methoxy groups -OCH3 is 1. The van der Waals surface area contributed by atoms with Crippen molar-refractivity contribution in [2.24, 2.45) is 9.98 Å². The molecule has 5 nitrogen and oxygen atoms in total. The Labute approximate surface area is 154 Å². The summed E-state index contributed by atoms with van der Waals surface area (Å²) in [5.74, 6) is 0.541. The topological polar surface area (TPSA) is 74.4 Å². The van der Waals surface area contributed by atoms with Gasteiger partial charge in [0.05, 0.1) is 30.9 Å². The lowest BCUT2D eigenvalue weighted by Gasteiger charge is -2.14. The van der Waals surface area contributed by atoms with E-state index in [4.69, 9.17) is 4.74 Å². The minimum absolute atomic E-state index is 0.178. The van der Waals surface area contributed by atoms with Gasteiger partial charge in [-0.15, -0.1) is 11.3 Å². The number of nitrogens with zero attached hydrogens (tertiary/aromatic N) is 2. The first-order valence-electron chi connectivity index (χ1n) is 8.25. The van der Waals surface area contributed by atoms with Gasteiger partial charge in [-0.2, -0.15) is 0 Å². The number of aliphatic hydroxyl groups is 2. The van der Waals surface area contributed by atoms with Crippen molar-refractivity contribution < 1.29 is 14.9 Å². The highest BCUT2D eigenvalue weighted by Crippen LogP contribution is 2.30. The number of benzene rings is 2. The molecule has 0 unspecified atom stereocenters. The molecule has 0 amide bonds. The molecule has 1 aliphatic heterocycles. The van der Waals surface area contributed by atoms with Crippen molar-refractivity contribution in [3.63, 3.8) is 0 Å². The maximum atomic E-state index is 9.68. The normalized spacial score (nSPS) is 13.8. The minimum Gasteiger partial charge on any atom is -0.496 e. The summed E-state index contributed by atoms with van der Waals surface area (Å²) < 4.78 is 6.61. The van der Waals surface area contributed by atoms with Crippen LogP contribution in [0.3, 0.4) is 0 Å². The first kappa shape index (κ1) is 16.9. The van der Waals surface area contributed by atoms with E-state index in [2.05, 4.69) is 28.2 Å². The molecule has 2 N–H and O–H groups in total. The fraction of sp³-hybridized carbons (Fsp3) is 0.200. The van der Waals surface area contributed by atoms with Gasteiger partial charge in [0.1, 0.15) is 18.1 Å². The molecule has 3 aromatic rings. The van der Waals surface area contributed by atoms with Crippen LogP contribution in [-0.4, -0.2) is 35.4 Å². The minimum atomic E-state index is -0.191. The van der Waals surface area contributed by atoms with Crippen LogP contribution >= 0.6 is 11.3 Å². The van der Waals surface area contributed by atoms with Crippen LogP contribution < -0.4 is 4.74 Å². The number of hydrogen-bond acceptors (Lipinski definition) is 6. The molecule has 6 heteroatoms. The van der Waals surface area contributed by atoms with Crippen LogP contribution in [-0.2, 0) is 13.2 Å².